The summed E-state index contributed by atoms with van der Waals surface area (Å²) < 4.78 is 1.76. The molecule has 122 valence electrons. The van der Waals surface area contributed by atoms with Gasteiger partial charge in [-0.25, -0.2) is 0 Å². The SMILES string of the molecule is Cc1nn(C)c(C)c1NC(=O)[C@H](C)[NH+]1CCC[C@H](C(N)=O)C1. The van der Waals surface area contributed by atoms with Crippen LogP contribution in [0.15, 0.2) is 0 Å². The monoisotopic (exact) mass is 308 g/mol. The van der Waals surface area contributed by atoms with Crippen molar-refractivity contribution < 1.29 is 14.5 Å². The lowest BCUT2D eigenvalue weighted by Gasteiger charge is -2.31. The number of piperidine rings is 1. The zero-order valence-corrected chi connectivity index (χ0v) is 13.8. The summed E-state index contributed by atoms with van der Waals surface area (Å²) in [6, 6.07) is -0.221. The second kappa shape index (κ2) is 6.48. The average Bonchev–Trinajstić information content (AvgIpc) is 2.73. The summed E-state index contributed by atoms with van der Waals surface area (Å²) >= 11 is 0. The average molecular weight is 308 g/mol. The van der Waals surface area contributed by atoms with Gasteiger partial charge in [0.25, 0.3) is 5.91 Å². The number of aromatic nitrogens is 2. The third-order valence-electron chi connectivity index (χ3n) is 4.72. The van der Waals surface area contributed by atoms with Gasteiger partial charge in [-0.15, -0.1) is 0 Å². The zero-order valence-electron chi connectivity index (χ0n) is 13.8. The second-order valence-electron chi connectivity index (χ2n) is 6.23. The molecule has 1 unspecified atom stereocenters. The van der Waals surface area contributed by atoms with Crippen LogP contribution in [0.5, 0.6) is 0 Å². The van der Waals surface area contributed by atoms with Gasteiger partial charge in [-0.1, -0.05) is 0 Å². The summed E-state index contributed by atoms with van der Waals surface area (Å²) in [4.78, 5) is 25.0. The first-order chi connectivity index (χ1) is 10.3. The van der Waals surface area contributed by atoms with E-state index in [2.05, 4.69) is 10.4 Å². The van der Waals surface area contributed by atoms with Crippen molar-refractivity contribution in [3.8, 4) is 0 Å². The fourth-order valence-corrected chi connectivity index (χ4v) is 3.10. The highest BCUT2D eigenvalue weighted by Crippen LogP contribution is 2.18. The standard InChI is InChI=1S/C15H25N5O2/c1-9-13(10(2)19(4)18-9)17-15(22)11(3)20-7-5-6-12(8-20)14(16)21/h11-12H,5-8H2,1-4H3,(H2,16,21)(H,17,22)/p+1/t11-,12-/m0/s1. The summed E-state index contributed by atoms with van der Waals surface area (Å²) in [6.45, 7) is 7.23. The van der Waals surface area contributed by atoms with E-state index < -0.39 is 0 Å². The van der Waals surface area contributed by atoms with E-state index in [-0.39, 0.29) is 23.8 Å². The fourth-order valence-electron chi connectivity index (χ4n) is 3.10. The number of carbonyl (C=O) groups is 2. The Morgan fingerprint density at radius 2 is 2.14 bits per heavy atom. The predicted octanol–water partition coefficient (Wildman–Crippen LogP) is -0.856. The van der Waals surface area contributed by atoms with Gasteiger partial charge in [0.2, 0.25) is 5.91 Å². The van der Waals surface area contributed by atoms with Crippen LogP contribution in [-0.4, -0.2) is 40.7 Å². The van der Waals surface area contributed by atoms with Gasteiger partial charge in [0.05, 0.1) is 36.1 Å². The highest BCUT2D eigenvalue weighted by atomic mass is 16.2. The molecule has 0 radical (unpaired) electrons. The largest absolute Gasteiger partial charge is 0.369 e. The maximum atomic E-state index is 12.5. The molecule has 1 fully saturated rings. The summed E-state index contributed by atoms with van der Waals surface area (Å²) in [7, 11) is 1.86. The number of amides is 2. The highest BCUT2D eigenvalue weighted by Gasteiger charge is 2.33. The molecule has 2 rings (SSSR count). The smallest absolute Gasteiger partial charge is 0.282 e. The molecule has 7 nitrogen and oxygen atoms in total. The molecule has 3 atom stereocenters. The predicted molar refractivity (Wildman–Crippen MR) is 83.4 cm³/mol. The summed E-state index contributed by atoms with van der Waals surface area (Å²) in [5, 5.41) is 7.29. The Kier molecular flexibility index (Phi) is 4.85. The number of nitrogens with two attached hydrogens (primary N) is 1. The van der Waals surface area contributed by atoms with Crippen molar-refractivity contribution in [3.63, 3.8) is 0 Å². The van der Waals surface area contributed by atoms with Gasteiger partial charge >= 0.3 is 0 Å². The first-order valence-electron chi connectivity index (χ1n) is 7.76. The molecule has 0 aliphatic carbocycles. The van der Waals surface area contributed by atoms with Crippen LogP contribution in [0.2, 0.25) is 0 Å². The number of hydrogen-bond donors (Lipinski definition) is 3. The van der Waals surface area contributed by atoms with Crippen molar-refractivity contribution in [1.82, 2.24) is 9.78 Å². The van der Waals surface area contributed by atoms with Gasteiger partial charge in [0.15, 0.2) is 6.04 Å². The Hall–Kier alpha value is -1.89. The third-order valence-corrected chi connectivity index (χ3v) is 4.72. The van der Waals surface area contributed by atoms with Crippen LogP contribution in [-0.2, 0) is 16.6 Å². The van der Waals surface area contributed by atoms with Gasteiger partial charge in [0.1, 0.15) is 0 Å². The lowest BCUT2D eigenvalue weighted by Crippen LogP contribution is -3.18. The van der Waals surface area contributed by atoms with Gasteiger partial charge in [-0.2, -0.15) is 5.10 Å². The number of aryl methyl sites for hydroxylation is 2. The molecule has 2 amide bonds. The molecule has 4 N–H and O–H groups in total. The van der Waals surface area contributed by atoms with Crippen LogP contribution in [0.3, 0.4) is 0 Å². The fraction of sp³-hybridized carbons (Fsp3) is 0.667. The van der Waals surface area contributed by atoms with E-state index in [1.807, 2.05) is 27.8 Å². The van der Waals surface area contributed by atoms with Crippen LogP contribution in [0, 0.1) is 19.8 Å². The number of anilines is 1. The molecule has 22 heavy (non-hydrogen) atoms. The van der Waals surface area contributed by atoms with Gasteiger partial charge in [0, 0.05) is 7.05 Å². The van der Waals surface area contributed by atoms with Crippen LogP contribution < -0.4 is 16.0 Å². The molecule has 1 aliphatic heterocycles. The Labute approximate surface area is 130 Å². The lowest BCUT2D eigenvalue weighted by molar-refractivity contribution is -0.921. The van der Waals surface area contributed by atoms with Crippen molar-refractivity contribution in [2.24, 2.45) is 18.7 Å². The zero-order chi connectivity index (χ0) is 16.4. The first-order valence-corrected chi connectivity index (χ1v) is 7.76. The van der Waals surface area contributed by atoms with Crippen molar-refractivity contribution >= 4 is 17.5 Å². The number of hydrogen-bond acceptors (Lipinski definition) is 3. The normalized spacial score (nSPS) is 23.1. The van der Waals surface area contributed by atoms with E-state index in [4.69, 9.17) is 5.73 Å². The van der Waals surface area contributed by atoms with E-state index in [1.165, 1.54) is 0 Å². The minimum absolute atomic E-state index is 0.0423. The molecule has 1 aromatic heterocycles. The van der Waals surface area contributed by atoms with Crippen molar-refractivity contribution in [1.29, 1.82) is 0 Å². The van der Waals surface area contributed by atoms with Crippen LogP contribution >= 0.6 is 0 Å². The summed E-state index contributed by atoms with van der Waals surface area (Å²) in [5.74, 6) is -0.427. The van der Waals surface area contributed by atoms with Gasteiger partial charge in [-0.3, -0.25) is 14.3 Å². The lowest BCUT2D eigenvalue weighted by atomic mass is 9.96. The molecule has 1 saturated heterocycles. The van der Waals surface area contributed by atoms with Crippen LogP contribution in [0.25, 0.3) is 0 Å². The number of primary amides is 1. The molecule has 0 spiro atoms. The molecule has 0 bridgehead atoms. The Morgan fingerprint density at radius 3 is 2.68 bits per heavy atom. The Morgan fingerprint density at radius 1 is 1.45 bits per heavy atom. The third kappa shape index (κ3) is 3.30. The number of nitrogens with zero attached hydrogens (tertiary/aromatic N) is 2. The minimum Gasteiger partial charge on any atom is -0.369 e. The van der Waals surface area contributed by atoms with Gasteiger partial charge in [-0.05, 0) is 33.6 Å². The molecule has 0 aromatic carbocycles. The van der Waals surface area contributed by atoms with E-state index >= 15 is 0 Å². The van der Waals surface area contributed by atoms with E-state index in [0.29, 0.717) is 6.54 Å². The molecule has 7 heteroatoms. The van der Waals surface area contributed by atoms with Crippen LogP contribution in [0.1, 0.15) is 31.2 Å². The maximum absolute atomic E-state index is 12.5. The summed E-state index contributed by atoms with van der Waals surface area (Å²) in [6.07, 6.45) is 1.75. The Balaban J connectivity index is 2.04. The molecule has 1 aliphatic rings. The topological polar surface area (TPSA) is 94.4 Å². The van der Waals surface area contributed by atoms with Gasteiger partial charge < -0.3 is 16.0 Å². The minimum atomic E-state index is -0.260. The highest BCUT2D eigenvalue weighted by molar-refractivity contribution is 5.94. The maximum Gasteiger partial charge on any atom is 0.282 e. The Bertz CT molecular complexity index is 581. The second-order valence-corrected chi connectivity index (χ2v) is 6.23. The van der Waals surface area contributed by atoms with E-state index in [1.54, 1.807) is 4.68 Å². The molecular weight excluding hydrogens is 282 g/mol. The van der Waals surface area contributed by atoms with E-state index in [9.17, 15) is 9.59 Å². The quantitative estimate of drug-likeness (QED) is 0.676. The summed E-state index contributed by atoms with van der Waals surface area (Å²) in [5.41, 5.74) is 7.93. The number of nitrogens with one attached hydrogen (secondary N) is 2. The van der Waals surface area contributed by atoms with Crippen LogP contribution in [0.4, 0.5) is 5.69 Å². The van der Waals surface area contributed by atoms with Crippen molar-refractivity contribution in [2.45, 2.75) is 39.7 Å². The molecular formula is C15H26N5O2+. The van der Waals surface area contributed by atoms with Crippen molar-refractivity contribution in [3.05, 3.63) is 11.4 Å². The number of carbonyl (C=O) groups excluding carboxylic acids is 2. The molecule has 0 saturated carbocycles. The molecule has 2 heterocycles. The van der Waals surface area contributed by atoms with Crippen molar-refractivity contribution in [2.75, 3.05) is 18.4 Å². The number of rotatable bonds is 4. The van der Waals surface area contributed by atoms with E-state index in [0.717, 1.165) is 41.4 Å². The molecule has 1 aromatic rings. The number of likely N-dealkylation sites (tertiary alicyclic amines) is 1. The number of quaternary nitrogens is 1. The first kappa shape index (κ1) is 16.5.